The molecule has 0 atom stereocenters. The number of sulfonamides is 1. The van der Waals surface area contributed by atoms with Crippen molar-refractivity contribution in [2.75, 3.05) is 18.0 Å². The van der Waals surface area contributed by atoms with Crippen molar-refractivity contribution in [1.29, 1.82) is 0 Å². The molecular weight excluding hydrogens is 423 g/mol. The van der Waals surface area contributed by atoms with Crippen LogP contribution in [0, 0.1) is 12.7 Å². The molecule has 0 bridgehead atoms. The molecule has 3 aromatic rings. The van der Waals surface area contributed by atoms with Gasteiger partial charge in [0.2, 0.25) is 0 Å². The number of benzene rings is 2. The summed E-state index contributed by atoms with van der Waals surface area (Å²) in [6.45, 7) is 6.93. The Morgan fingerprint density at radius 1 is 1.19 bits per heavy atom. The van der Waals surface area contributed by atoms with E-state index in [9.17, 15) is 17.6 Å². The van der Waals surface area contributed by atoms with Crippen LogP contribution < -0.4 is 14.4 Å². The highest BCUT2D eigenvalue weighted by atomic mass is 32.2. The number of amides is 1. The van der Waals surface area contributed by atoms with Crippen molar-refractivity contribution >= 4 is 32.6 Å². The molecule has 7 nitrogen and oxygen atoms in total. The van der Waals surface area contributed by atoms with Gasteiger partial charge in [0.25, 0.3) is 10.0 Å². The zero-order valence-corrected chi connectivity index (χ0v) is 18.3. The topological polar surface area (TPSA) is 88.8 Å². The Morgan fingerprint density at radius 2 is 1.94 bits per heavy atom. The van der Waals surface area contributed by atoms with Crippen LogP contribution in [-0.4, -0.2) is 33.5 Å². The number of halogens is 1. The fraction of sp³-hybridized carbons (Fsp3) is 0.318. The fourth-order valence-electron chi connectivity index (χ4n) is 3.36. The second-order valence-corrected chi connectivity index (χ2v) is 9.49. The smallest absolute Gasteiger partial charge is 0.300 e. The summed E-state index contributed by atoms with van der Waals surface area (Å²) in [5.74, 6) is -1.68. The first kappa shape index (κ1) is 21.2. The number of hydrogen-bond donors (Lipinski definition) is 1. The summed E-state index contributed by atoms with van der Waals surface area (Å²) >= 11 is 0. The van der Waals surface area contributed by atoms with E-state index >= 15 is 0 Å². The van der Waals surface area contributed by atoms with E-state index < -0.39 is 21.7 Å². The summed E-state index contributed by atoms with van der Waals surface area (Å²) < 4.78 is 53.4. The maximum Gasteiger partial charge on any atom is 0.300 e. The molecule has 2 aromatic carbocycles. The highest BCUT2D eigenvalue weighted by Crippen LogP contribution is 2.31. The van der Waals surface area contributed by atoms with E-state index in [1.807, 2.05) is 9.62 Å². The van der Waals surface area contributed by atoms with Crippen LogP contribution in [0.5, 0.6) is 5.75 Å². The van der Waals surface area contributed by atoms with Gasteiger partial charge in [0.15, 0.2) is 5.76 Å². The number of nitrogens with zero attached hydrogens (tertiary/aromatic N) is 1. The molecule has 0 saturated carbocycles. The summed E-state index contributed by atoms with van der Waals surface area (Å²) in [6.07, 6.45) is 0.774. The molecule has 1 aliphatic heterocycles. The number of nitrogens with one attached hydrogen (secondary N) is 1. The number of hydrogen-bond acceptors (Lipinski definition) is 6. The molecule has 1 fully saturated rings. The van der Waals surface area contributed by atoms with Crippen molar-refractivity contribution in [2.24, 2.45) is 0 Å². The largest absolute Gasteiger partial charge is 0.490 e. The number of carbonyl (C=O) groups is 1. The van der Waals surface area contributed by atoms with Crippen LogP contribution >= 0.6 is 0 Å². The number of furan rings is 1. The van der Waals surface area contributed by atoms with Crippen molar-refractivity contribution in [3.05, 3.63) is 53.5 Å². The van der Waals surface area contributed by atoms with Crippen molar-refractivity contribution < 1.29 is 26.8 Å². The van der Waals surface area contributed by atoms with Gasteiger partial charge in [-0.25, -0.2) is 17.5 Å². The van der Waals surface area contributed by atoms with Gasteiger partial charge in [0.1, 0.15) is 22.0 Å². The highest BCUT2D eigenvalue weighted by molar-refractivity contribution is 7.90. The Balaban J connectivity index is 1.64. The third-order valence-corrected chi connectivity index (χ3v) is 6.35. The quantitative estimate of drug-likeness (QED) is 0.616. The maximum atomic E-state index is 14.5. The first-order valence-corrected chi connectivity index (χ1v) is 11.4. The molecule has 1 amide bonds. The standard InChI is InChI=1S/C22H23FN2O5S/c1-13(2)29-18-6-5-14(3)9-21(18)31(27,28)24-22(26)20-12-16-17(23)10-15(11-19(16)30-20)25-7-4-8-25/h5-6,9-13H,4,7-8H2,1-3H3,(H,24,26). The Hall–Kier alpha value is -3.07. The third kappa shape index (κ3) is 4.23. The van der Waals surface area contributed by atoms with Gasteiger partial charge in [-0.15, -0.1) is 0 Å². The predicted octanol–water partition coefficient (Wildman–Crippen LogP) is 4.00. The summed E-state index contributed by atoms with van der Waals surface area (Å²) in [6, 6.07) is 8.93. The molecule has 31 heavy (non-hydrogen) atoms. The lowest BCUT2D eigenvalue weighted by Gasteiger charge is -2.33. The molecule has 1 N–H and O–H groups in total. The fourth-order valence-corrected chi connectivity index (χ4v) is 4.53. The van der Waals surface area contributed by atoms with E-state index in [1.54, 1.807) is 39.0 Å². The van der Waals surface area contributed by atoms with Gasteiger partial charge in [0.05, 0.1) is 11.5 Å². The van der Waals surface area contributed by atoms with E-state index in [4.69, 9.17) is 9.15 Å². The number of aryl methyl sites for hydroxylation is 1. The maximum absolute atomic E-state index is 14.5. The van der Waals surface area contributed by atoms with Gasteiger partial charge in [0, 0.05) is 30.9 Å². The molecular formula is C22H23FN2O5S. The van der Waals surface area contributed by atoms with Gasteiger partial charge >= 0.3 is 5.91 Å². The molecule has 2 heterocycles. The highest BCUT2D eigenvalue weighted by Gasteiger charge is 2.26. The monoisotopic (exact) mass is 446 g/mol. The third-order valence-electron chi connectivity index (χ3n) is 5.00. The van der Waals surface area contributed by atoms with Crippen LogP contribution in [0.15, 0.2) is 45.7 Å². The minimum Gasteiger partial charge on any atom is -0.490 e. The molecule has 0 aliphatic carbocycles. The Kier molecular flexibility index (Phi) is 5.38. The normalized spacial score (nSPS) is 14.0. The first-order valence-electron chi connectivity index (χ1n) is 9.96. The van der Waals surface area contributed by atoms with Crippen LogP contribution in [0.25, 0.3) is 11.0 Å². The van der Waals surface area contributed by atoms with Gasteiger partial charge in [-0.2, -0.15) is 0 Å². The number of rotatable bonds is 6. The summed E-state index contributed by atoms with van der Waals surface area (Å²) in [5.41, 5.74) is 1.54. The lowest BCUT2D eigenvalue weighted by molar-refractivity contribution is 0.0956. The zero-order chi connectivity index (χ0) is 22.3. The molecule has 1 aromatic heterocycles. The molecule has 0 radical (unpaired) electrons. The molecule has 164 valence electrons. The van der Waals surface area contributed by atoms with Crippen LogP contribution in [-0.2, 0) is 10.0 Å². The molecule has 1 aliphatic rings. The minimum absolute atomic E-state index is 0.117. The van der Waals surface area contributed by atoms with Crippen molar-refractivity contribution in [3.8, 4) is 5.75 Å². The summed E-state index contributed by atoms with van der Waals surface area (Å²) in [4.78, 5) is 14.5. The number of ether oxygens (including phenoxy) is 1. The lowest BCUT2D eigenvalue weighted by atomic mass is 10.1. The van der Waals surface area contributed by atoms with Gasteiger partial charge < -0.3 is 14.1 Å². The average molecular weight is 447 g/mol. The zero-order valence-electron chi connectivity index (χ0n) is 17.4. The van der Waals surface area contributed by atoms with Crippen LogP contribution in [0.1, 0.15) is 36.4 Å². The van der Waals surface area contributed by atoms with Crippen molar-refractivity contribution in [3.63, 3.8) is 0 Å². The molecule has 4 rings (SSSR count). The Bertz CT molecular complexity index is 1260. The molecule has 1 saturated heterocycles. The molecule has 0 spiro atoms. The minimum atomic E-state index is -4.26. The SMILES string of the molecule is Cc1ccc(OC(C)C)c(S(=O)(=O)NC(=O)c2cc3c(F)cc(N4CCC4)cc3o2)c1. The number of anilines is 1. The average Bonchev–Trinajstić information content (AvgIpc) is 3.06. The number of fused-ring (bicyclic) bond motifs is 1. The summed E-state index contributed by atoms with van der Waals surface area (Å²) in [7, 11) is -4.26. The van der Waals surface area contributed by atoms with E-state index in [0.717, 1.165) is 19.5 Å². The van der Waals surface area contributed by atoms with E-state index in [2.05, 4.69) is 0 Å². The van der Waals surface area contributed by atoms with E-state index in [1.165, 1.54) is 18.2 Å². The second-order valence-electron chi connectivity index (χ2n) is 7.84. The first-order chi connectivity index (χ1) is 14.6. The predicted molar refractivity (Wildman–Crippen MR) is 115 cm³/mol. The second kappa shape index (κ2) is 7.88. The lowest BCUT2D eigenvalue weighted by Crippen LogP contribution is -2.36. The van der Waals surface area contributed by atoms with Crippen LogP contribution in [0.2, 0.25) is 0 Å². The van der Waals surface area contributed by atoms with Gasteiger partial charge in [-0.1, -0.05) is 6.07 Å². The van der Waals surface area contributed by atoms with Crippen molar-refractivity contribution in [1.82, 2.24) is 4.72 Å². The van der Waals surface area contributed by atoms with Crippen LogP contribution in [0.4, 0.5) is 10.1 Å². The van der Waals surface area contributed by atoms with Crippen molar-refractivity contribution in [2.45, 2.75) is 38.2 Å². The van der Waals surface area contributed by atoms with Crippen LogP contribution in [0.3, 0.4) is 0 Å². The Morgan fingerprint density at radius 3 is 2.58 bits per heavy atom. The molecule has 0 unspecified atom stereocenters. The molecule has 9 heteroatoms. The van der Waals surface area contributed by atoms with Gasteiger partial charge in [-0.05, 0) is 51.0 Å². The Labute approximate surface area is 179 Å². The van der Waals surface area contributed by atoms with E-state index in [-0.39, 0.29) is 33.5 Å². The van der Waals surface area contributed by atoms with Gasteiger partial charge in [-0.3, -0.25) is 4.79 Å². The van der Waals surface area contributed by atoms with E-state index in [0.29, 0.717) is 11.3 Å². The number of carbonyl (C=O) groups excluding carboxylic acids is 1. The summed E-state index contributed by atoms with van der Waals surface area (Å²) in [5, 5.41) is 0.117.